The zero-order valence-corrected chi connectivity index (χ0v) is 17.6. The first-order chi connectivity index (χ1) is 14.0. The molecule has 0 spiro atoms. The third-order valence-corrected chi connectivity index (χ3v) is 5.70. The van der Waals surface area contributed by atoms with Gasteiger partial charge in [0.1, 0.15) is 0 Å². The molecular formula is C22H31N5O2. The molecule has 1 saturated heterocycles. The van der Waals surface area contributed by atoms with Crippen molar-refractivity contribution in [3.8, 4) is 0 Å². The van der Waals surface area contributed by atoms with Crippen molar-refractivity contribution in [2.45, 2.75) is 39.7 Å². The van der Waals surface area contributed by atoms with Crippen LogP contribution in [0.25, 0.3) is 0 Å². The van der Waals surface area contributed by atoms with Crippen molar-refractivity contribution in [1.82, 2.24) is 25.3 Å². The predicted molar refractivity (Wildman–Crippen MR) is 112 cm³/mol. The first-order valence-corrected chi connectivity index (χ1v) is 10.3. The Morgan fingerprint density at radius 1 is 1.21 bits per heavy atom. The van der Waals surface area contributed by atoms with Crippen LogP contribution in [0.1, 0.15) is 35.4 Å². The average molecular weight is 398 g/mol. The molecule has 2 aromatic rings. The maximum Gasteiger partial charge on any atom is 0.317 e. The Kier molecular flexibility index (Phi) is 6.90. The highest BCUT2D eigenvalue weighted by atomic mass is 16.2. The highest BCUT2D eigenvalue weighted by molar-refractivity contribution is 5.79. The zero-order chi connectivity index (χ0) is 20.8. The number of hydrogen-bond acceptors (Lipinski definition) is 3. The van der Waals surface area contributed by atoms with Crippen LogP contribution in [-0.2, 0) is 17.8 Å². The number of H-pyrrole nitrogens is 1. The molecule has 29 heavy (non-hydrogen) atoms. The molecule has 7 nitrogen and oxygen atoms in total. The van der Waals surface area contributed by atoms with Gasteiger partial charge in [-0.3, -0.25) is 9.89 Å². The van der Waals surface area contributed by atoms with E-state index in [9.17, 15) is 9.59 Å². The molecule has 1 aliphatic heterocycles. The van der Waals surface area contributed by atoms with Gasteiger partial charge in [0.05, 0.1) is 5.69 Å². The average Bonchev–Trinajstić information content (AvgIpc) is 3.06. The Hall–Kier alpha value is -2.83. The number of aromatic nitrogens is 2. The number of piperidine rings is 1. The van der Waals surface area contributed by atoms with E-state index in [4.69, 9.17) is 0 Å². The Morgan fingerprint density at radius 2 is 1.90 bits per heavy atom. The summed E-state index contributed by atoms with van der Waals surface area (Å²) in [5.41, 5.74) is 4.32. The molecule has 0 unspecified atom stereocenters. The number of amides is 3. The van der Waals surface area contributed by atoms with Crippen LogP contribution >= 0.6 is 0 Å². The first-order valence-electron chi connectivity index (χ1n) is 10.3. The summed E-state index contributed by atoms with van der Waals surface area (Å²) in [5, 5.41) is 10.1. The Bertz CT molecular complexity index is 805. The van der Waals surface area contributed by atoms with E-state index in [1.165, 1.54) is 0 Å². The normalized spacial score (nSPS) is 14.7. The van der Waals surface area contributed by atoms with Crippen LogP contribution in [0.3, 0.4) is 0 Å². The maximum atomic E-state index is 12.7. The summed E-state index contributed by atoms with van der Waals surface area (Å²) in [6.07, 6.45) is 2.19. The molecule has 0 aliphatic carbocycles. The van der Waals surface area contributed by atoms with E-state index in [-0.39, 0.29) is 17.9 Å². The molecule has 3 rings (SSSR count). The number of rotatable bonds is 6. The molecule has 0 atom stereocenters. The van der Waals surface area contributed by atoms with Crippen molar-refractivity contribution in [3.63, 3.8) is 0 Å². The van der Waals surface area contributed by atoms with Crippen LogP contribution in [0.5, 0.6) is 0 Å². The van der Waals surface area contributed by atoms with E-state index in [1.54, 1.807) is 4.90 Å². The molecule has 2 heterocycles. The molecule has 1 fully saturated rings. The number of nitrogens with one attached hydrogen (secondary N) is 2. The van der Waals surface area contributed by atoms with E-state index >= 15 is 0 Å². The van der Waals surface area contributed by atoms with Crippen LogP contribution in [0.4, 0.5) is 4.79 Å². The fourth-order valence-electron chi connectivity index (χ4n) is 3.93. The summed E-state index contributed by atoms with van der Waals surface area (Å²) in [4.78, 5) is 28.8. The van der Waals surface area contributed by atoms with Gasteiger partial charge in [0.25, 0.3) is 0 Å². The van der Waals surface area contributed by atoms with E-state index in [2.05, 4.69) is 15.5 Å². The van der Waals surface area contributed by atoms with Crippen LogP contribution in [0, 0.1) is 19.8 Å². The summed E-state index contributed by atoms with van der Waals surface area (Å²) < 4.78 is 0. The minimum absolute atomic E-state index is 0.0102. The summed E-state index contributed by atoms with van der Waals surface area (Å²) >= 11 is 0. The van der Waals surface area contributed by atoms with Gasteiger partial charge in [-0.05, 0) is 44.2 Å². The highest BCUT2D eigenvalue weighted by Gasteiger charge is 2.29. The number of likely N-dealkylation sites (tertiary alicyclic amines) is 1. The van der Waals surface area contributed by atoms with Crippen molar-refractivity contribution in [2.75, 3.05) is 26.7 Å². The molecule has 156 valence electrons. The van der Waals surface area contributed by atoms with Gasteiger partial charge < -0.3 is 15.1 Å². The number of carbonyl (C=O) groups excluding carboxylic acids is 2. The van der Waals surface area contributed by atoms with Crippen molar-refractivity contribution < 1.29 is 9.59 Å². The maximum absolute atomic E-state index is 12.7. The highest BCUT2D eigenvalue weighted by Crippen LogP contribution is 2.20. The third-order valence-electron chi connectivity index (χ3n) is 5.70. The van der Waals surface area contributed by atoms with Gasteiger partial charge in [0.2, 0.25) is 5.91 Å². The van der Waals surface area contributed by atoms with Crippen molar-refractivity contribution >= 4 is 11.9 Å². The number of aromatic amines is 1. The van der Waals surface area contributed by atoms with Crippen LogP contribution in [0.15, 0.2) is 30.3 Å². The SMILES string of the molecule is Cc1n[nH]c(C)c1CCNC(=O)N1CCC(C(=O)N(C)Cc2ccccc2)CC1. The minimum atomic E-state index is -0.0488. The molecule has 1 aromatic carbocycles. The van der Waals surface area contributed by atoms with Gasteiger partial charge in [-0.1, -0.05) is 30.3 Å². The number of urea groups is 1. The van der Waals surface area contributed by atoms with Gasteiger partial charge in [-0.2, -0.15) is 5.10 Å². The van der Waals surface area contributed by atoms with E-state index in [1.807, 2.05) is 56.1 Å². The Morgan fingerprint density at radius 3 is 2.52 bits per heavy atom. The van der Waals surface area contributed by atoms with Crippen molar-refractivity contribution in [1.29, 1.82) is 0 Å². The lowest BCUT2D eigenvalue weighted by Gasteiger charge is -2.33. The molecular weight excluding hydrogens is 366 g/mol. The number of benzene rings is 1. The Labute approximate surface area is 172 Å². The van der Waals surface area contributed by atoms with Gasteiger partial charge in [0.15, 0.2) is 0 Å². The van der Waals surface area contributed by atoms with Gasteiger partial charge >= 0.3 is 6.03 Å². The predicted octanol–water partition coefficient (Wildman–Crippen LogP) is 2.65. The van der Waals surface area contributed by atoms with Crippen LogP contribution in [-0.4, -0.2) is 58.6 Å². The molecule has 0 radical (unpaired) electrons. The molecule has 0 saturated carbocycles. The van der Waals surface area contributed by atoms with E-state index in [0.717, 1.165) is 28.9 Å². The summed E-state index contributed by atoms with van der Waals surface area (Å²) in [5.74, 6) is 0.156. The number of aryl methyl sites for hydroxylation is 2. The summed E-state index contributed by atoms with van der Waals surface area (Å²) in [6, 6.07) is 9.96. The van der Waals surface area contributed by atoms with Crippen LogP contribution in [0.2, 0.25) is 0 Å². The second-order valence-electron chi connectivity index (χ2n) is 7.84. The fourth-order valence-corrected chi connectivity index (χ4v) is 3.93. The Balaban J connectivity index is 1.41. The van der Waals surface area contributed by atoms with Crippen molar-refractivity contribution in [3.05, 3.63) is 52.8 Å². The molecule has 2 N–H and O–H groups in total. The fraction of sp³-hybridized carbons (Fsp3) is 0.500. The second kappa shape index (κ2) is 9.58. The third kappa shape index (κ3) is 5.37. The summed E-state index contributed by atoms with van der Waals surface area (Å²) in [7, 11) is 1.86. The molecule has 1 aromatic heterocycles. The van der Waals surface area contributed by atoms with Gasteiger partial charge in [-0.25, -0.2) is 4.79 Å². The lowest BCUT2D eigenvalue weighted by molar-refractivity contribution is -0.136. The molecule has 1 aliphatic rings. The largest absolute Gasteiger partial charge is 0.341 e. The lowest BCUT2D eigenvalue weighted by Crippen LogP contribution is -2.47. The lowest BCUT2D eigenvalue weighted by atomic mass is 9.95. The molecule has 0 bridgehead atoms. The first kappa shape index (κ1) is 20.9. The standard InChI is InChI=1S/C22H31N5O2/c1-16-20(17(2)25-24-16)9-12-23-22(29)27-13-10-19(11-14-27)21(28)26(3)15-18-7-5-4-6-8-18/h4-8,19H,9-15H2,1-3H3,(H,23,29)(H,24,25). The number of carbonyl (C=O) groups is 2. The van der Waals surface area contributed by atoms with Crippen molar-refractivity contribution in [2.24, 2.45) is 5.92 Å². The summed E-state index contributed by atoms with van der Waals surface area (Å²) in [6.45, 7) is 6.40. The molecule has 3 amide bonds. The topological polar surface area (TPSA) is 81.3 Å². The van der Waals surface area contributed by atoms with Crippen LogP contribution < -0.4 is 5.32 Å². The monoisotopic (exact) mass is 397 g/mol. The zero-order valence-electron chi connectivity index (χ0n) is 17.6. The van der Waals surface area contributed by atoms with Gasteiger partial charge in [0, 0.05) is 44.8 Å². The quantitative estimate of drug-likeness (QED) is 0.786. The number of nitrogens with zero attached hydrogens (tertiary/aromatic N) is 3. The smallest absolute Gasteiger partial charge is 0.317 e. The van der Waals surface area contributed by atoms with Gasteiger partial charge in [-0.15, -0.1) is 0 Å². The minimum Gasteiger partial charge on any atom is -0.341 e. The number of hydrogen-bond donors (Lipinski definition) is 2. The van der Waals surface area contributed by atoms with E-state index < -0.39 is 0 Å². The van der Waals surface area contributed by atoms with E-state index in [0.29, 0.717) is 39.0 Å². The molecule has 7 heteroatoms. The second-order valence-corrected chi connectivity index (χ2v) is 7.84.